The van der Waals surface area contributed by atoms with Crippen LogP contribution in [0.15, 0.2) is 52.0 Å². The molecule has 0 aliphatic carbocycles. The SMILES string of the molecule is CC(=O)c1ccc(S(=O)(=O)NCCC(=O)NC(C)CCc2ccco2)cc1. The number of ketones is 1. The van der Waals surface area contributed by atoms with Crippen molar-refractivity contribution >= 4 is 21.7 Å². The van der Waals surface area contributed by atoms with Gasteiger partial charge in [0.15, 0.2) is 5.78 Å². The van der Waals surface area contributed by atoms with Gasteiger partial charge in [-0.1, -0.05) is 12.1 Å². The van der Waals surface area contributed by atoms with Gasteiger partial charge in [-0.3, -0.25) is 9.59 Å². The number of hydrogen-bond acceptors (Lipinski definition) is 5. The molecule has 0 saturated heterocycles. The standard InChI is InChI=1S/C19H24N2O5S/c1-14(5-8-17-4-3-13-26-17)21-19(23)11-12-20-27(24,25)18-9-6-16(7-10-18)15(2)22/h3-4,6-7,9-10,13-14,20H,5,8,11-12H2,1-2H3,(H,21,23). The van der Waals surface area contributed by atoms with Crippen LogP contribution < -0.4 is 10.0 Å². The Balaban J connectivity index is 1.75. The third-order valence-corrected chi connectivity index (χ3v) is 5.50. The van der Waals surface area contributed by atoms with Crippen molar-refractivity contribution in [3.8, 4) is 0 Å². The lowest BCUT2D eigenvalue weighted by atomic mass is 10.1. The van der Waals surface area contributed by atoms with Gasteiger partial charge in [0.1, 0.15) is 5.76 Å². The molecule has 1 aromatic heterocycles. The van der Waals surface area contributed by atoms with Gasteiger partial charge in [0, 0.05) is 31.0 Å². The van der Waals surface area contributed by atoms with Crippen molar-refractivity contribution in [1.29, 1.82) is 0 Å². The molecule has 8 heteroatoms. The number of hydrogen-bond donors (Lipinski definition) is 2. The van der Waals surface area contributed by atoms with Crippen LogP contribution >= 0.6 is 0 Å². The average Bonchev–Trinajstić information content (AvgIpc) is 3.13. The molecule has 7 nitrogen and oxygen atoms in total. The van der Waals surface area contributed by atoms with E-state index in [1.165, 1.54) is 31.2 Å². The number of furan rings is 1. The largest absolute Gasteiger partial charge is 0.469 e. The van der Waals surface area contributed by atoms with Crippen LogP contribution in [0.3, 0.4) is 0 Å². The Morgan fingerprint density at radius 3 is 2.44 bits per heavy atom. The second-order valence-corrected chi connectivity index (χ2v) is 8.08. The van der Waals surface area contributed by atoms with Crippen molar-refractivity contribution in [1.82, 2.24) is 10.0 Å². The summed E-state index contributed by atoms with van der Waals surface area (Å²) < 4.78 is 32.1. The maximum Gasteiger partial charge on any atom is 0.240 e. The van der Waals surface area contributed by atoms with Crippen LogP contribution in [-0.4, -0.2) is 32.7 Å². The molecule has 0 aliphatic rings. The van der Waals surface area contributed by atoms with Gasteiger partial charge in [-0.2, -0.15) is 0 Å². The average molecular weight is 392 g/mol. The van der Waals surface area contributed by atoms with Crippen LogP contribution in [0.2, 0.25) is 0 Å². The monoisotopic (exact) mass is 392 g/mol. The molecule has 0 radical (unpaired) electrons. The molecule has 0 aliphatic heterocycles. The zero-order chi connectivity index (χ0) is 19.9. The molecule has 1 unspecified atom stereocenters. The number of sulfonamides is 1. The minimum atomic E-state index is -3.72. The number of amides is 1. The van der Waals surface area contributed by atoms with E-state index in [0.717, 1.165) is 18.6 Å². The number of carbonyl (C=O) groups excluding carboxylic acids is 2. The Morgan fingerprint density at radius 2 is 1.85 bits per heavy atom. The van der Waals surface area contributed by atoms with E-state index in [9.17, 15) is 18.0 Å². The van der Waals surface area contributed by atoms with Gasteiger partial charge in [-0.05, 0) is 44.5 Å². The molecule has 2 aromatic rings. The first kappa shape index (κ1) is 20.9. The van der Waals surface area contributed by atoms with Gasteiger partial charge in [-0.15, -0.1) is 0 Å². The molecule has 0 spiro atoms. The molecular formula is C19H24N2O5S. The molecule has 1 heterocycles. The molecule has 1 amide bonds. The fourth-order valence-electron chi connectivity index (χ4n) is 2.48. The summed E-state index contributed by atoms with van der Waals surface area (Å²) in [7, 11) is -3.72. The van der Waals surface area contributed by atoms with Crippen molar-refractivity contribution < 1.29 is 22.4 Å². The summed E-state index contributed by atoms with van der Waals surface area (Å²) in [6.45, 7) is 3.30. The highest BCUT2D eigenvalue weighted by Crippen LogP contribution is 2.11. The van der Waals surface area contributed by atoms with Crippen LogP contribution in [-0.2, 0) is 21.2 Å². The molecule has 2 N–H and O–H groups in total. The van der Waals surface area contributed by atoms with E-state index in [1.54, 1.807) is 6.26 Å². The van der Waals surface area contributed by atoms with Crippen LogP contribution in [0.4, 0.5) is 0 Å². The molecule has 0 bridgehead atoms. The third-order valence-electron chi connectivity index (χ3n) is 4.03. The quantitative estimate of drug-likeness (QED) is 0.604. The highest BCUT2D eigenvalue weighted by molar-refractivity contribution is 7.89. The fourth-order valence-corrected chi connectivity index (χ4v) is 3.52. The minimum absolute atomic E-state index is 0.00642. The summed E-state index contributed by atoms with van der Waals surface area (Å²) in [4.78, 5) is 23.2. The van der Waals surface area contributed by atoms with E-state index < -0.39 is 10.0 Å². The highest BCUT2D eigenvalue weighted by atomic mass is 32.2. The Labute approximate surface area is 159 Å². The second-order valence-electron chi connectivity index (χ2n) is 6.31. The van der Waals surface area contributed by atoms with Gasteiger partial charge >= 0.3 is 0 Å². The van der Waals surface area contributed by atoms with Crippen LogP contribution in [0, 0.1) is 0 Å². The summed E-state index contributed by atoms with van der Waals surface area (Å²) in [6.07, 6.45) is 3.10. The van der Waals surface area contributed by atoms with Crippen LogP contribution in [0.25, 0.3) is 0 Å². The number of rotatable bonds is 10. The van der Waals surface area contributed by atoms with Gasteiger partial charge in [0.2, 0.25) is 15.9 Å². The van der Waals surface area contributed by atoms with Crippen molar-refractivity contribution in [2.75, 3.05) is 6.54 Å². The molecule has 2 rings (SSSR count). The summed E-state index contributed by atoms with van der Waals surface area (Å²) in [5.74, 6) is 0.501. The van der Waals surface area contributed by atoms with E-state index in [4.69, 9.17) is 4.42 Å². The van der Waals surface area contributed by atoms with E-state index in [-0.39, 0.29) is 35.6 Å². The zero-order valence-corrected chi connectivity index (χ0v) is 16.2. The van der Waals surface area contributed by atoms with Crippen molar-refractivity contribution in [2.24, 2.45) is 0 Å². The van der Waals surface area contributed by atoms with E-state index in [0.29, 0.717) is 5.56 Å². The predicted octanol–water partition coefficient (Wildman–Crippen LogP) is 2.29. The Morgan fingerprint density at radius 1 is 1.15 bits per heavy atom. The normalized spacial score (nSPS) is 12.5. The Bertz CT molecular complexity index is 858. The molecule has 1 atom stereocenters. The first-order valence-electron chi connectivity index (χ1n) is 8.70. The van der Waals surface area contributed by atoms with Gasteiger partial charge in [0.25, 0.3) is 0 Å². The number of aryl methyl sites for hydroxylation is 1. The maximum atomic E-state index is 12.2. The predicted molar refractivity (Wildman–Crippen MR) is 101 cm³/mol. The Kier molecular flexibility index (Phi) is 7.32. The first-order valence-corrected chi connectivity index (χ1v) is 10.2. The molecule has 146 valence electrons. The smallest absolute Gasteiger partial charge is 0.240 e. The lowest BCUT2D eigenvalue weighted by Crippen LogP contribution is -2.35. The number of carbonyl (C=O) groups is 2. The summed E-state index contributed by atoms with van der Waals surface area (Å²) in [6, 6.07) is 9.32. The van der Waals surface area contributed by atoms with Gasteiger partial charge in [0.05, 0.1) is 11.2 Å². The highest BCUT2D eigenvalue weighted by Gasteiger charge is 2.15. The first-order chi connectivity index (χ1) is 12.8. The lowest BCUT2D eigenvalue weighted by Gasteiger charge is -2.13. The van der Waals surface area contributed by atoms with E-state index in [1.807, 2.05) is 19.1 Å². The van der Waals surface area contributed by atoms with Gasteiger partial charge in [-0.25, -0.2) is 13.1 Å². The minimum Gasteiger partial charge on any atom is -0.469 e. The number of nitrogens with one attached hydrogen (secondary N) is 2. The second kappa shape index (κ2) is 9.48. The fraction of sp³-hybridized carbons (Fsp3) is 0.368. The summed E-state index contributed by atoms with van der Waals surface area (Å²) >= 11 is 0. The van der Waals surface area contributed by atoms with Crippen molar-refractivity contribution in [2.45, 2.75) is 44.0 Å². The Hall–Kier alpha value is -2.45. The van der Waals surface area contributed by atoms with Crippen LogP contribution in [0.1, 0.15) is 42.8 Å². The molecule has 27 heavy (non-hydrogen) atoms. The van der Waals surface area contributed by atoms with E-state index in [2.05, 4.69) is 10.0 Å². The third kappa shape index (κ3) is 6.65. The number of Topliss-reactive ketones (excluding diaryl/α,β-unsaturated/α-hetero) is 1. The molecule has 0 saturated carbocycles. The van der Waals surface area contributed by atoms with Crippen LogP contribution in [0.5, 0.6) is 0 Å². The zero-order valence-electron chi connectivity index (χ0n) is 15.4. The van der Waals surface area contributed by atoms with Gasteiger partial charge < -0.3 is 9.73 Å². The number of benzene rings is 1. The summed E-state index contributed by atoms with van der Waals surface area (Å²) in [5, 5.41) is 2.84. The van der Waals surface area contributed by atoms with Crippen molar-refractivity contribution in [3.63, 3.8) is 0 Å². The molecule has 1 aromatic carbocycles. The maximum absolute atomic E-state index is 12.2. The topological polar surface area (TPSA) is 105 Å². The molecule has 0 fully saturated rings. The summed E-state index contributed by atoms with van der Waals surface area (Å²) in [5.41, 5.74) is 0.442. The van der Waals surface area contributed by atoms with Crippen molar-refractivity contribution in [3.05, 3.63) is 54.0 Å². The van der Waals surface area contributed by atoms with E-state index >= 15 is 0 Å². The molecular weight excluding hydrogens is 368 g/mol. The lowest BCUT2D eigenvalue weighted by molar-refractivity contribution is -0.121.